The van der Waals surface area contributed by atoms with Crippen molar-refractivity contribution in [2.24, 2.45) is 0 Å². The van der Waals surface area contributed by atoms with Crippen molar-refractivity contribution in [2.45, 2.75) is 37.0 Å². The van der Waals surface area contributed by atoms with Gasteiger partial charge in [0, 0.05) is 11.3 Å². The summed E-state index contributed by atoms with van der Waals surface area (Å²) < 4.78 is 0. The van der Waals surface area contributed by atoms with Crippen molar-refractivity contribution in [3.05, 3.63) is 38.9 Å². The lowest BCUT2D eigenvalue weighted by molar-refractivity contribution is -0.385. The SMILES string of the molecule is CSC1CCC(NC(=O)c2cccc(Cl)c2[N+](=O)[O-])CC1. The van der Waals surface area contributed by atoms with E-state index in [9.17, 15) is 14.9 Å². The standard InChI is InChI=1S/C14H17ClN2O3S/c1-21-10-7-5-9(6-8-10)16-14(18)11-3-2-4-12(15)13(11)17(19)20/h2-4,9-10H,5-8H2,1H3,(H,16,18). The Morgan fingerprint density at radius 2 is 2.05 bits per heavy atom. The van der Waals surface area contributed by atoms with Crippen molar-refractivity contribution in [1.29, 1.82) is 0 Å². The van der Waals surface area contributed by atoms with Crippen molar-refractivity contribution in [3.63, 3.8) is 0 Å². The number of nitro groups is 1. The van der Waals surface area contributed by atoms with Gasteiger partial charge in [0.15, 0.2) is 0 Å². The van der Waals surface area contributed by atoms with Crippen LogP contribution >= 0.6 is 23.4 Å². The minimum atomic E-state index is -0.609. The second kappa shape index (κ2) is 7.13. The first-order valence-corrected chi connectivity index (χ1v) is 8.46. The van der Waals surface area contributed by atoms with Crippen LogP contribution < -0.4 is 5.32 Å². The molecule has 0 atom stereocenters. The molecule has 1 aliphatic carbocycles. The highest BCUT2D eigenvalue weighted by Crippen LogP contribution is 2.30. The fraction of sp³-hybridized carbons (Fsp3) is 0.500. The Morgan fingerprint density at radius 3 is 2.62 bits per heavy atom. The molecular formula is C14H17ClN2O3S. The van der Waals surface area contributed by atoms with E-state index in [-0.39, 0.29) is 22.3 Å². The van der Waals surface area contributed by atoms with E-state index in [0.717, 1.165) is 25.7 Å². The van der Waals surface area contributed by atoms with Crippen molar-refractivity contribution in [3.8, 4) is 0 Å². The van der Waals surface area contributed by atoms with Crippen molar-refractivity contribution >= 4 is 35.0 Å². The number of halogens is 1. The summed E-state index contributed by atoms with van der Waals surface area (Å²) in [5.41, 5.74) is -0.297. The normalized spacial score (nSPS) is 21.8. The number of benzene rings is 1. The van der Waals surface area contributed by atoms with Crippen LogP contribution in [-0.2, 0) is 0 Å². The van der Waals surface area contributed by atoms with Gasteiger partial charge in [-0.15, -0.1) is 0 Å². The first-order valence-electron chi connectivity index (χ1n) is 6.79. The Morgan fingerprint density at radius 1 is 1.38 bits per heavy atom. The smallest absolute Gasteiger partial charge is 0.300 e. The van der Waals surface area contributed by atoms with E-state index in [1.54, 1.807) is 6.07 Å². The predicted octanol–water partition coefficient (Wildman–Crippen LogP) is 3.65. The molecule has 0 saturated heterocycles. The summed E-state index contributed by atoms with van der Waals surface area (Å²) in [6.07, 6.45) is 6.03. The number of amides is 1. The maximum atomic E-state index is 12.3. The van der Waals surface area contributed by atoms with Crippen LogP contribution in [0.4, 0.5) is 5.69 Å². The summed E-state index contributed by atoms with van der Waals surface area (Å²) in [5, 5.41) is 14.6. The number of rotatable bonds is 4. The third-order valence-electron chi connectivity index (χ3n) is 3.76. The third kappa shape index (κ3) is 3.89. The molecule has 1 aliphatic rings. The number of carbonyl (C=O) groups is 1. The van der Waals surface area contributed by atoms with Crippen molar-refractivity contribution in [1.82, 2.24) is 5.32 Å². The number of thioether (sulfide) groups is 1. The molecule has 0 unspecified atom stereocenters. The molecule has 1 amide bonds. The predicted molar refractivity (Wildman–Crippen MR) is 85.1 cm³/mol. The monoisotopic (exact) mass is 328 g/mol. The number of para-hydroxylation sites is 1. The van der Waals surface area contributed by atoms with Crippen molar-refractivity contribution in [2.75, 3.05) is 6.26 Å². The summed E-state index contributed by atoms with van der Waals surface area (Å²) >= 11 is 7.68. The van der Waals surface area contributed by atoms with Gasteiger partial charge < -0.3 is 5.32 Å². The molecule has 0 aliphatic heterocycles. The molecule has 0 spiro atoms. The molecule has 0 aromatic heterocycles. The summed E-state index contributed by atoms with van der Waals surface area (Å²) in [7, 11) is 0. The van der Waals surface area contributed by atoms with Crippen LogP contribution in [0.15, 0.2) is 18.2 Å². The van der Waals surface area contributed by atoms with Crippen LogP contribution in [0.1, 0.15) is 36.0 Å². The van der Waals surface area contributed by atoms with Gasteiger partial charge in [0.2, 0.25) is 0 Å². The molecule has 7 heteroatoms. The fourth-order valence-electron chi connectivity index (χ4n) is 2.59. The molecule has 1 saturated carbocycles. The summed E-state index contributed by atoms with van der Waals surface area (Å²) in [6.45, 7) is 0. The van der Waals surface area contributed by atoms with Crippen LogP contribution in [-0.4, -0.2) is 28.4 Å². The van der Waals surface area contributed by atoms with Crippen molar-refractivity contribution < 1.29 is 9.72 Å². The molecule has 1 N–H and O–H groups in total. The highest BCUT2D eigenvalue weighted by Gasteiger charge is 2.27. The molecule has 0 heterocycles. The second-order valence-corrected chi connectivity index (χ2v) is 6.62. The Bertz CT molecular complexity index is 545. The van der Waals surface area contributed by atoms with Crippen LogP contribution in [0.5, 0.6) is 0 Å². The lowest BCUT2D eigenvalue weighted by atomic mass is 9.94. The van der Waals surface area contributed by atoms with Crippen LogP contribution in [0.2, 0.25) is 5.02 Å². The molecule has 0 radical (unpaired) electrons. The van der Waals surface area contributed by atoms with Gasteiger partial charge in [0.1, 0.15) is 10.6 Å². The minimum Gasteiger partial charge on any atom is -0.349 e. The lowest BCUT2D eigenvalue weighted by Crippen LogP contribution is -2.38. The Labute approximate surface area is 132 Å². The third-order valence-corrected chi connectivity index (χ3v) is 5.20. The molecule has 1 aromatic rings. The van der Waals surface area contributed by atoms with E-state index in [1.807, 2.05) is 11.8 Å². The van der Waals surface area contributed by atoms with Gasteiger partial charge in [-0.25, -0.2) is 0 Å². The molecule has 5 nitrogen and oxygen atoms in total. The maximum Gasteiger partial charge on any atom is 0.300 e. The number of carbonyl (C=O) groups excluding carboxylic acids is 1. The van der Waals surface area contributed by atoms with E-state index >= 15 is 0 Å². The molecular weight excluding hydrogens is 312 g/mol. The number of nitro benzene ring substituents is 1. The van der Waals surface area contributed by atoms with Gasteiger partial charge in [-0.05, 0) is 44.1 Å². The van der Waals surface area contributed by atoms with Gasteiger partial charge in [-0.3, -0.25) is 14.9 Å². The van der Waals surface area contributed by atoms with Gasteiger partial charge >= 0.3 is 5.69 Å². The fourth-order valence-corrected chi connectivity index (χ4v) is 3.58. The molecule has 0 bridgehead atoms. The zero-order chi connectivity index (χ0) is 15.4. The largest absolute Gasteiger partial charge is 0.349 e. The Hall–Kier alpha value is -1.27. The highest BCUT2D eigenvalue weighted by molar-refractivity contribution is 7.99. The molecule has 1 aromatic carbocycles. The second-order valence-electron chi connectivity index (χ2n) is 5.08. The van der Waals surface area contributed by atoms with Crippen LogP contribution in [0.25, 0.3) is 0 Å². The van der Waals surface area contributed by atoms with Gasteiger partial charge in [0.05, 0.1) is 4.92 Å². The quantitative estimate of drug-likeness (QED) is 0.676. The van der Waals surface area contributed by atoms with Gasteiger partial charge in [-0.1, -0.05) is 17.7 Å². The van der Waals surface area contributed by atoms with Crippen LogP contribution in [0, 0.1) is 10.1 Å². The first-order chi connectivity index (χ1) is 10.0. The van der Waals surface area contributed by atoms with Gasteiger partial charge in [-0.2, -0.15) is 11.8 Å². The van der Waals surface area contributed by atoms with E-state index in [1.165, 1.54) is 12.1 Å². The summed E-state index contributed by atoms with van der Waals surface area (Å²) in [6, 6.07) is 4.49. The maximum absolute atomic E-state index is 12.3. The average Bonchev–Trinajstić information content (AvgIpc) is 2.47. The molecule has 2 rings (SSSR count). The van der Waals surface area contributed by atoms with E-state index in [2.05, 4.69) is 11.6 Å². The van der Waals surface area contributed by atoms with E-state index < -0.39 is 10.8 Å². The topological polar surface area (TPSA) is 72.2 Å². The Kier molecular flexibility index (Phi) is 5.47. The minimum absolute atomic E-state index is 0.0151. The molecule has 1 fully saturated rings. The molecule has 21 heavy (non-hydrogen) atoms. The average molecular weight is 329 g/mol. The zero-order valence-corrected chi connectivity index (χ0v) is 13.2. The van der Waals surface area contributed by atoms with E-state index in [0.29, 0.717) is 5.25 Å². The Balaban J connectivity index is 2.08. The number of hydrogen-bond acceptors (Lipinski definition) is 4. The summed E-state index contributed by atoms with van der Waals surface area (Å²) in [4.78, 5) is 22.7. The number of hydrogen-bond donors (Lipinski definition) is 1. The first kappa shape index (κ1) is 16.1. The zero-order valence-electron chi connectivity index (χ0n) is 11.7. The van der Waals surface area contributed by atoms with E-state index in [4.69, 9.17) is 11.6 Å². The lowest BCUT2D eigenvalue weighted by Gasteiger charge is -2.28. The highest BCUT2D eigenvalue weighted by atomic mass is 35.5. The van der Waals surface area contributed by atoms with Gasteiger partial charge in [0.25, 0.3) is 5.91 Å². The van der Waals surface area contributed by atoms with Crippen LogP contribution in [0.3, 0.4) is 0 Å². The number of nitrogens with zero attached hydrogens (tertiary/aromatic N) is 1. The molecule has 114 valence electrons. The number of nitrogens with one attached hydrogen (secondary N) is 1. The summed E-state index contributed by atoms with van der Waals surface area (Å²) in [5.74, 6) is -0.420.